The summed E-state index contributed by atoms with van der Waals surface area (Å²) in [5.74, 6) is 0.459. The minimum absolute atomic E-state index is 0.0978. The molecular weight excluding hydrogens is 457 g/mol. The molecule has 0 aliphatic rings. The van der Waals surface area contributed by atoms with Crippen LogP contribution in [0.2, 0.25) is 0 Å². The average molecular weight is 486 g/mol. The second kappa shape index (κ2) is 10.7. The normalized spacial score (nSPS) is 13.1. The van der Waals surface area contributed by atoms with E-state index in [0.717, 1.165) is 0 Å². The molecule has 0 saturated heterocycles. The van der Waals surface area contributed by atoms with Crippen molar-refractivity contribution in [3.05, 3.63) is 66.1 Å². The number of hydrogen-bond acceptors (Lipinski definition) is 6. The number of aromatic nitrogens is 2. The summed E-state index contributed by atoms with van der Waals surface area (Å²) in [5, 5.41) is 17.8. The monoisotopic (exact) mass is 485 g/mol. The molecule has 0 radical (unpaired) electrons. The van der Waals surface area contributed by atoms with Crippen molar-refractivity contribution in [2.75, 3.05) is 24.3 Å². The molecule has 1 heterocycles. The van der Waals surface area contributed by atoms with Crippen LogP contribution in [0, 0.1) is 5.82 Å². The Balaban J connectivity index is 2.02. The maximum absolute atomic E-state index is 13.4. The van der Waals surface area contributed by atoms with Crippen molar-refractivity contribution < 1.29 is 18.5 Å². The average Bonchev–Trinajstić information content (AvgIpc) is 2.84. The Morgan fingerprint density at radius 3 is 2.35 bits per heavy atom. The van der Waals surface area contributed by atoms with Crippen molar-refractivity contribution in [1.29, 1.82) is 0 Å². The van der Waals surface area contributed by atoms with E-state index < -0.39 is 21.4 Å². The van der Waals surface area contributed by atoms with E-state index in [1.807, 2.05) is 6.92 Å². The molecule has 0 saturated carbocycles. The first kappa shape index (κ1) is 25.3. The largest absolute Gasteiger partial charge is 0.394 e. The summed E-state index contributed by atoms with van der Waals surface area (Å²) in [5.41, 5.74) is 1.80. The standard InChI is InChI=1S/C24H28FN5O3S/c1-15(14-31)27-21-13-20(24(2,3)34(33)19-11-7-17(25)8-12-19)29-22(30-21)16-5-9-18(10-6-16)28-23(32)26-4/h5-13,15,31H,14H2,1-4H3,(H2,26,28,32)(H,27,29,30)/t15-,34?/m0/s1. The van der Waals surface area contributed by atoms with Gasteiger partial charge in [-0.15, -0.1) is 0 Å². The van der Waals surface area contributed by atoms with Gasteiger partial charge in [0.05, 0.1) is 27.8 Å². The van der Waals surface area contributed by atoms with Crippen LogP contribution < -0.4 is 16.0 Å². The summed E-state index contributed by atoms with van der Waals surface area (Å²) in [6, 6.07) is 13.7. The van der Waals surface area contributed by atoms with E-state index in [9.17, 15) is 18.5 Å². The van der Waals surface area contributed by atoms with Gasteiger partial charge in [-0.05, 0) is 69.3 Å². The maximum Gasteiger partial charge on any atom is 0.318 e. The third-order valence-corrected chi connectivity index (χ3v) is 6.97. The molecule has 0 bridgehead atoms. The van der Waals surface area contributed by atoms with Crippen LogP contribution in [0.4, 0.5) is 20.7 Å². The Bertz CT molecular complexity index is 1170. The number of benzene rings is 2. The smallest absolute Gasteiger partial charge is 0.318 e. The number of halogens is 1. The first-order valence-electron chi connectivity index (χ1n) is 10.7. The van der Waals surface area contributed by atoms with Gasteiger partial charge in [-0.2, -0.15) is 0 Å². The van der Waals surface area contributed by atoms with E-state index >= 15 is 0 Å². The predicted octanol–water partition coefficient (Wildman–Crippen LogP) is 3.87. The molecule has 8 nitrogen and oxygen atoms in total. The SMILES string of the molecule is CNC(=O)Nc1ccc(-c2nc(N[C@@H](C)CO)cc(C(C)(C)S(=O)c3ccc(F)cc3)n2)cc1. The topological polar surface area (TPSA) is 116 Å². The van der Waals surface area contributed by atoms with Gasteiger partial charge in [0, 0.05) is 35.3 Å². The molecule has 2 amide bonds. The van der Waals surface area contributed by atoms with Gasteiger partial charge >= 0.3 is 6.03 Å². The fourth-order valence-corrected chi connectivity index (χ4v) is 4.37. The molecule has 180 valence electrons. The number of amides is 2. The number of carbonyl (C=O) groups is 1. The van der Waals surface area contributed by atoms with E-state index in [2.05, 4.69) is 20.9 Å². The van der Waals surface area contributed by atoms with E-state index in [0.29, 0.717) is 33.5 Å². The fourth-order valence-electron chi connectivity index (χ4n) is 3.10. The number of nitrogens with one attached hydrogen (secondary N) is 3. The molecule has 1 unspecified atom stereocenters. The van der Waals surface area contributed by atoms with Crippen LogP contribution in [0.25, 0.3) is 11.4 Å². The molecule has 4 N–H and O–H groups in total. The molecule has 0 aliphatic carbocycles. The lowest BCUT2D eigenvalue weighted by Gasteiger charge is -2.25. The van der Waals surface area contributed by atoms with E-state index in [1.165, 1.54) is 31.3 Å². The third kappa shape index (κ3) is 5.95. The number of urea groups is 1. The number of aliphatic hydroxyl groups excluding tert-OH is 1. The first-order chi connectivity index (χ1) is 16.1. The van der Waals surface area contributed by atoms with Crippen molar-refractivity contribution in [1.82, 2.24) is 15.3 Å². The van der Waals surface area contributed by atoms with Crippen LogP contribution in [0.3, 0.4) is 0 Å². The third-order valence-electron chi connectivity index (χ3n) is 5.13. The molecule has 3 aromatic rings. The van der Waals surface area contributed by atoms with Crippen LogP contribution in [0.15, 0.2) is 59.5 Å². The lowest BCUT2D eigenvalue weighted by molar-refractivity contribution is 0.254. The minimum Gasteiger partial charge on any atom is -0.394 e. The molecule has 0 aliphatic heterocycles. The summed E-state index contributed by atoms with van der Waals surface area (Å²) in [7, 11) is -0.0101. The number of anilines is 2. The highest BCUT2D eigenvalue weighted by atomic mass is 32.2. The molecule has 3 rings (SSSR count). The van der Waals surface area contributed by atoms with E-state index in [4.69, 9.17) is 4.98 Å². The number of rotatable bonds is 8. The minimum atomic E-state index is -1.54. The number of carbonyl (C=O) groups excluding carboxylic acids is 1. The van der Waals surface area contributed by atoms with Crippen LogP contribution in [0.1, 0.15) is 26.5 Å². The number of hydrogen-bond donors (Lipinski definition) is 4. The molecule has 34 heavy (non-hydrogen) atoms. The van der Waals surface area contributed by atoms with Crippen LogP contribution in [-0.2, 0) is 15.5 Å². The summed E-state index contributed by atoms with van der Waals surface area (Å²) in [6.07, 6.45) is 0. The summed E-state index contributed by atoms with van der Waals surface area (Å²) >= 11 is 0. The van der Waals surface area contributed by atoms with Gasteiger partial charge in [-0.25, -0.2) is 19.2 Å². The van der Waals surface area contributed by atoms with Crippen molar-refractivity contribution >= 4 is 28.3 Å². The Morgan fingerprint density at radius 2 is 1.76 bits per heavy atom. The van der Waals surface area contributed by atoms with Gasteiger partial charge in [0.15, 0.2) is 5.82 Å². The van der Waals surface area contributed by atoms with E-state index in [-0.39, 0.29) is 18.7 Å². The van der Waals surface area contributed by atoms with Crippen molar-refractivity contribution in [3.63, 3.8) is 0 Å². The quantitative estimate of drug-likeness (QED) is 0.385. The second-order valence-electron chi connectivity index (χ2n) is 8.20. The number of aliphatic hydroxyl groups is 1. The van der Waals surface area contributed by atoms with Crippen molar-refractivity contribution in [3.8, 4) is 11.4 Å². The van der Waals surface area contributed by atoms with Gasteiger partial charge in [-0.3, -0.25) is 4.21 Å². The van der Waals surface area contributed by atoms with Crippen molar-refractivity contribution in [2.24, 2.45) is 0 Å². The van der Waals surface area contributed by atoms with Crippen LogP contribution >= 0.6 is 0 Å². The molecule has 10 heteroatoms. The van der Waals surface area contributed by atoms with Crippen molar-refractivity contribution in [2.45, 2.75) is 36.5 Å². The maximum atomic E-state index is 13.4. The molecule has 0 spiro atoms. The lowest BCUT2D eigenvalue weighted by atomic mass is 10.1. The lowest BCUT2D eigenvalue weighted by Crippen LogP contribution is -2.27. The zero-order valence-electron chi connectivity index (χ0n) is 19.4. The molecule has 1 aromatic heterocycles. The van der Waals surface area contributed by atoms with Crippen LogP contribution in [0.5, 0.6) is 0 Å². The summed E-state index contributed by atoms with van der Waals surface area (Å²) < 4.78 is 25.8. The van der Waals surface area contributed by atoms with Gasteiger partial charge in [-0.1, -0.05) is 0 Å². The highest BCUT2D eigenvalue weighted by Gasteiger charge is 2.32. The van der Waals surface area contributed by atoms with Gasteiger partial charge in [0.2, 0.25) is 0 Å². The Labute approximate surface area is 200 Å². The molecule has 2 atom stereocenters. The second-order valence-corrected chi connectivity index (χ2v) is 10.2. The zero-order chi connectivity index (χ0) is 24.9. The summed E-state index contributed by atoms with van der Waals surface area (Å²) in [6.45, 7) is 5.31. The predicted molar refractivity (Wildman–Crippen MR) is 132 cm³/mol. The Hall–Kier alpha value is -3.37. The van der Waals surface area contributed by atoms with Crippen LogP contribution in [-0.4, -0.2) is 45.0 Å². The molecular formula is C24H28FN5O3S. The fraction of sp³-hybridized carbons (Fsp3) is 0.292. The Kier molecular flexibility index (Phi) is 7.95. The van der Waals surface area contributed by atoms with Gasteiger partial charge < -0.3 is 21.1 Å². The van der Waals surface area contributed by atoms with Gasteiger partial charge in [0.25, 0.3) is 0 Å². The van der Waals surface area contributed by atoms with Gasteiger partial charge in [0.1, 0.15) is 11.6 Å². The zero-order valence-corrected chi connectivity index (χ0v) is 20.2. The molecule has 2 aromatic carbocycles. The Morgan fingerprint density at radius 1 is 1.12 bits per heavy atom. The van der Waals surface area contributed by atoms with E-state index in [1.54, 1.807) is 44.2 Å². The first-order valence-corrected chi connectivity index (χ1v) is 11.8. The molecule has 0 fully saturated rings. The highest BCUT2D eigenvalue weighted by molar-refractivity contribution is 7.86. The highest BCUT2D eigenvalue weighted by Crippen LogP contribution is 2.33. The summed E-state index contributed by atoms with van der Waals surface area (Å²) in [4.78, 5) is 21.3. The number of nitrogens with zero attached hydrogens (tertiary/aromatic N) is 2.